The number of imidazole rings is 1. The summed E-state index contributed by atoms with van der Waals surface area (Å²) in [5.74, 6) is 0.262. The lowest BCUT2D eigenvalue weighted by Gasteiger charge is -2.10. The highest BCUT2D eigenvalue weighted by Gasteiger charge is 2.14. The number of aromatic nitrogens is 2. The largest absolute Gasteiger partial charge is 0.322 e. The standard InChI is InChI=1S/C25H24N4O3S2/c1-2-14-26-34(31,32)18-19-10-12-20(13-11-19)28-25(30)22-7-3-4-8-23(22)33-17-21-16-29-15-6-5-9-24(29)27-21/h2-13,15-16,26H,1,14,17-18H2,(H,28,30). The molecule has 34 heavy (non-hydrogen) atoms. The van der Waals surface area contributed by atoms with Crippen LogP contribution in [-0.4, -0.2) is 30.3 Å². The summed E-state index contributed by atoms with van der Waals surface area (Å²) < 4.78 is 28.5. The highest BCUT2D eigenvalue weighted by atomic mass is 32.2. The Balaban J connectivity index is 1.41. The predicted octanol–water partition coefficient (Wildman–Crippen LogP) is 4.48. The van der Waals surface area contributed by atoms with E-state index in [1.807, 2.05) is 53.2 Å². The Kier molecular flexibility index (Phi) is 7.46. The van der Waals surface area contributed by atoms with E-state index >= 15 is 0 Å². The van der Waals surface area contributed by atoms with Gasteiger partial charge in [-0.05, 0) is 42.0 Å². The zero-order chi connectivity index (χ0) is 24.0. The molecule has 0 fully saturated rings. The van der Waals surface area contributed by atoms with E-state index in [1.54, 1.807) is 42.1 Å². The molecule has 0 aliphatic rings. The SMILES string of the molecule is C=CCNS(=O)(=O)Cc1ccc(NC(=O)c2ccccc2SCc2cn3ccccc3n2)cc1. The molecular weight excluding hydrogens is 468 g/mol. The number of hydrogen-bond donors (Lipinski definition) is 2. The van der Waals surface area contributed by atoms with Gasteiger partial charge in [-0.1, -0.05) is 36.4 Å². The summed E-state index contributed by atoms with van der Waals surface area (Å²) >= 11 is 1.55. The lowest BCUT2D eigenvalue weighted by molar-refractivity contribution is 0.102. The molecule has 0 aliphatic heterocycles. The van der Waals surface area contributed by atoms with Crippen LogP contribution in [-0.2, 0) is 21.5 Å². The second-order valence-electron chi connectivity index (χ2n) is 7.53. The van der Waals surface area contributed by atoms with Gasteiger partial charge in [0.15, 0.2) is 0 Å². The molecule has 0 bridgehead atoms. The van der Waals surface area contributed by atoms with E-state index < -0.39 is 10.0 Å². The van der Waals surface area contributed by atoms with Crippen LogP contribution in [0.2, 0.25) is 0 Å². The summed E-state index contributed by atoms with van der Waals surface area (Å²) in [7, 11) is -3.44. The van der Waals surface area contributed by atoms with Gasteiger partial charge in [0.1, 0.15) is 5.65 Å². The number of amides is 1. The molecule has 0 spiro atoms. The first-order chi connectivity index (χ1) is 16.4. The summed E-state index contributed by atoms with van der Waals surface area (Å²) in [6, 6.07) is 20.1. The van der Waals surface area contributed by atoms with Crippen molar-refractivity contribution in [2.24, 2.45) is 0 Å². The molecule has 9 heteroatoms. The van der Waals surface area contributed by atoms with Crippen molar-refractivity contribution in [1.82, 2.24) is 14.1 Å². The van der Waals surface area contributed by atoms with Gasteiger partial charge in [-0.2, -0.15) is 0 Å². The van der Waals surface area contributed by atoms with Gasteiger partial charge in [0.2, 0.25) is 10.0 Å². The highest BCUT2D eigenvalue weighted by Crippen LogP contribution is 2.27. The minimum atomic E-state index is -3.44. The Hall–Kier alpha value is -3.40. The molecule has 4 rings (SSSR count). The molecule has 7 nitrogen and oxygen atoms in total. The number of thioether (sulfide) groups is 1. The van der Waals surface area contributed by atoms with Gasteiger partial charge in [0.05, 0.1) is 17.0 Å². The zero-order valence-electron chi connectivity index (χ0n) is 18.3. The Morgan fingerprint density at radius 2 is 1.82 bits per heavy atom. The Morgan fingerprint density at radius 1 is 1.06 bits per heavy atom. The first-order valence-electron chi connectivity index (χ1n) is 10.6. The summed E-state index contributed by atoms with van der Waals surface area (Å²) in [6.45, 7) is 3.69. The van der Waals surface area contributed by atoms with Crippen molar-refractivity contribution in [3.8, 4) is 0 Å². The number of rotatable bonds is 10. The number of nitrogens with one attached hydrogen (secondary N) is 2. The second kappa shape index (κ2) is 10.7. The normalized spacial score (nSPS) is 11.4. The maximum Gasteiger partial charge on any atom is 0.256 e. The fourth-order valence-electron chi connectivity index (χ4n) is 3.33. The van der Waals surface area contributed by atoms with E-state index in [2.05, 4.69) is 21.6 Å². The molecule has 0 unspecified atom stereocenters. The molecule has 0 aliphatic carbocycles. The Labute approximate surface area is 203 Å². The molecule has 0 saturated heterocycles. The number of nitrogens with zero attached hydrogens (tertiary/aromatic N) is 2. The van der Waals surface area contributed by atoms with Crippen LogP contribution in [0.1, 0.15) is 21.6 Å². The molecule has 0 radical (unpaired) electrons. The van der Waals surface area contributed by atoms with E-state index in [-0.39, 0.29) is 18.2 Å². The van der Waals surface area contributed by atoms with Crippen LogP contribution in [0, 0.1) is 0 Å². The van der Waals surface area contributed by atoms with Gasteiger partial charge in [-0.3, -0.25) is 4.79 Å². The number of pyridine rings is 1. The van der Waals surface area contributed by atoms with Gasteiger partial charge in [0.25, 0.3) is 5.91 Å². The van der Waals surface area contributed by atoms with Gasteiger partial charge in [-0.25, -0.2) is 18.1 Å². The quantitative estimate of drug-likeness (QED) is 0.251. The Morgan fingerprint density at radius 3 is 2.59 bits per heavy atom. The summed E-state index contributed by atoms with van der Waals surface area (Å²) in [4.78, 5) is 18.4. The molecule has 0 atom stereocenters. The smallest absolute Gasteiger partial charge is 0.256 e. The number of benzene rings is 2. The summed E-state index contributed by atoms with van der Waals surface area (Å²) in [5, 5.41) is 2.89. The third-order valence-electron chi connectivity index (χ3n) is 4.94. The fourth-order valence-corrected chi connectivity index (χ4v) is 5.37. The van der Waals surface area contributed by atoms with Crippen LogP contribution in [0.4, 0.5) is 5.69 Å². The molecule has 4 aromatic rings. The first kappa shape index (κ1) is 23.7. The minimum absolute atomic E-state index is 0.141. The minimum Gasteiger partial charge on any atom is -0.322 e. The van der Waals surface area contributed by atoms with Gasteiger partial charge in [0, 0.05) is 35.3 Å². The second-order valence-corrected chi connectivity index (χ2v) is 10.4. The van der Waals surface area contributed by atoms with Crippen molar-refractivity contribution in [2.45, 2.75) is 16.4 Å². The lowest BCUT2D eigenvalue weighted by Crippen LogP contribution is -2.25. The van der Waals surface area contributed by atoms with Gasteiger partial charge in [-0.15, -0.1) is 18.3 Å². The van der Waals surface area contributed by atoms with Crippen LogP contribution in [0.3, 0.4) is 0 Å². The number of anilines is 1. The fraction of sp³-hybridized carbons (Fsp3) is 0.120. The number of fused-ring (bicyclic) bond motifs is 1. The topological polar surface area (TPSA) is 92.6 Å². The van der Waals surface area contributed by atoms with Crippen molar-refractivity contribution in [2.75, 3.05) is 11.9 Å². The Bertz CT molecular complexity index is 1380. The zero-order valence-corrected chi connectivity index (χ0v) is 20.0. The van der Waals surface area contributed by atoms with Crippen LogP contribution in [0.5, 0.6) is 0 Å². The lowest BCUT2D eigenvalue weighted by atomic mass is 10.2. The molecule has 2 aromatic carbocycles. The van der Waals surface area contributed by atoms with Gasteiger partial charge < -0.3 is 9.72 Å². The maximum absolute atomic E-state index is 13.0. The van der Waals surface area contributed by atoms with Crippen LogP contribution in [0.15, 0.2) is 96.7 Å². The van der Waals surface area contributed by atoms with E-state index in [1.165, 1.54) is 6.08 Å². The molecule has 2 heterocycles. The molecule has 174 valence electrons. The van der Waals surface area contributed by atoms with Crippen molar-refractivity contribution in [1.29, 1.82) is 0 Å². The van der Waals surface area contributed by atoms with Crippen molar-refractivity contribution in [3.05, 3.63) is 109 Å². The van der Waals surface area contributed by atoms with E-state index in [0.29, 0.717) is 22.6 Å². The number of carbonyl (C=O) groups is 1. The third kappa shape index (κ3) is 6.13. The van der Waals surface area contributed by atoms with Crippen LogP contribution < -0.4 is 10.0 Å². The van der Waals surface area contributed by atoms with Crippen molar-refractivity contribution in [3.63, 3.8) is 0 Å². The summed E-state index contributed by atoms with van der Waals surface area (Å²) in [5.41, 5.74) is 3.59. The maximum atomic E-state index is 13.0. The highest BCUT2D eigenvalue weighted by molar-refractivity contribution is 7.98. The molecule has 2 N–H and O–H groups in total. The molecule has 1 amide bonds. The van der Waals surface area contributed by atoms with Gasteiger partial charge >= 0.3 is 0 Å². The third-order valence-corrected chi connectivity index (χ3v) is 7.36. The van der Waals surface area contributed by atoms with E-state index in [9.17, 15) is 13.2 Å². The average molecular weight is 493 g/mol. The number of sulfonamides is 1. The first-order valence-corrected chi connectivity index (χ1v) is 13.2. The molecular formula is C25H24N4O3S2. The monoisotopic (exact) mass is 492 g/mol. The average Bonchev–Trinajstić information content (AvgIpc) is 3.26. The van der Waals surface area contributed by atoms with Crippen molar-refractivity contribution < 1.29 is 13.2 Å². The van der Waals surface area contributed by atoms with E-state index in [0.717, 1.165) is 16.2 Å². The van der Waals surface area contributed by atoms with Crippen molar-refractivity contribution >= 4 is 39.0 Å². The molecule has 2 aromatic heterocycles. The predicted molar refractivity (Wildman–Crippen MR) is 136 cm³/mol. The summed E-state index contributed by atoms with van der Waals surface area (Å²) in [6.07, 6.45) is 5.43. The van der Waals surface area contributed by atoms with E-state index in [4.69, 9.17) is 0 Å². The van der Waals surface area contributed by atoms with Crippen LogP contribution >= 0.6 is 11.8 Å². The number of carbonyl (C=O) groups excluding carboxylic acids is 1. The van der Waals surface area contributed by atoms with Crippen LogP contribution in [0.25, 0.3) is 5.65 Å². The number of hydrogen-bond acceptors (Lipinski definition) is 5. The molecule has 0 saturated carbocycles.